The summed E-state index contributed by atoms with van der Waals surface area (Å²) in [5.74, 6) is -0.388. The van der Waals surface area contributed by atoms with Crippen LogP contribution in [-0.2, 0) is 16.4 Å². The smallest absolute Gasteiger partial charge is 0.255 e. The number of benzene rings is 2. The molecule has 1 amide bonds. The molecule has 0 unspecified atom stereocenters. The molecule has 2 aromatic rings. The number of hydrogen-bond donors (Lipinski definition) is 2. The molecule has 7 heteroatoms. The molecule has 140 valence electrons. The van der Waals surface area contributed by atoms with Crippen LogP contribution in [0.1, 0.15) is 41.6 Å². The van der Waals surface area contributed by atoms with Crippen molar-refractivity contribution in [2.75, 3.05) is 5.32 Å². The Morgan fingerprint density at radius 3 is 2.48 bits per heavy atom. The van der Waals surface area contributed by atoms with Crippen molar-refractivity contribution in [3.05, 3.63) is 59.7 Å². The molecular formula is C20H21N3O3S. The number of rotatable bonds is 6. The maximum Gasteiger partial charge on any atom is 0.255 e. The molecule has 2 aromatic carbocycles. The number of nitrogens with one attached hydrogen (secondary N) is 2. The largest absolute Gasteiger partial charge is 0.322 e. The van der Waals surface area contributed by atoms with Crippen LogP contribution in [0.2, 0.25) is 0 Å². The van der Waals surface area contributed by atoms with E-state index >= 15 is 0 Å². The Morgan fingerprint density at radius 2 is 1.81 bits per heavy atom. The Bertz CT molecular complexity index is 957. The second kappa shape index (κ2) is 8.33. The van der Waals surface area contributed by atoms with Gasteiger partial charge < -0.3 is 5.32 Å². The van der Waals surface area contributed by atoms with Crippen LogP contribution in [0, 0.1) is 11.3 Å². The Hall–Kier alpha value is -2.69. The first kappa shape index (κ1) is 19.1. The van der Waals surface area contributed by atoms with Crippen molar-refractivity contribution in [2.24, 2.45) is 0 Å². The normalized spacial score (nSPS) is 14.6. The maximum atomic E-state index is 12.6. The summed E-state index contributed by atoms with van der Waals surface area (Å²) >= 11 is 0. The minimum atomic E-state index is -3.65. The standard InChI is InChI=1S/C20H21N3O3S/c21-13-12-15-8-10-17(11-9-15)22-20(24)16-4-3-7-19(14-16)27(25,26)23-18-5-1-2-6-18/h3-4,7-11,14,18,23H,1-2,5-6,12H2,(H,22,24). The molecular weight excluding hydrogens is 362 g/mol. The van der Waals surface area contributed by atoms with E-state index in [0.29, 0.717) is 12.1 Å². The third-order valence-electron chi connectivity index (χ3n) is 4.58. The Kier molecular flexibility index (Phi) is 5.89. The molecule has 6 nitrogen and oxygen atoms in total. The average Bonchev–Trinajstić information content (AvgIpc) is 3.16. The van der Waals surface area contributed by atoms with Gasteiger partial charge in [0.05, 0.1) is 17.4 Å². The number of sulfonamides is 1. The van der Waals surface area contributed by atoms with Gasteiger partial charge in [-0.15, -0.1) is 0 Å². The molecule has 0 aliphatic heterocycles. The highest BCUT2D eigenvalue weighted by molar-refractivity contribution is 7.89. The van der Waals surface area contributed by atoms with E-state index in [-0.39, 0.29) is 22.4 Å². The van der Waals surface area contributed by atoms with Crippen LogP contribution >= 0.6 is 0 Å². The maximum absolute atomic E-state index is 12.6. The first-order chi connectivity index (χ1) is 13.0. The van der Waals surface area contributed by atoms with E-state index in [0.717, 1.165) is 31.2 Å². The summed E-state index contributed by atoms with van der Waals surface area (Å²) in [4.78, 5) is 12.6. The first-order valence-corrected chi connectivity index (χ1v) is 10.4. The zero-order valence-corrected chi connectivity index (χ0v) is 15.6. The van der Waals surface area contributed by atoms with Gasteiger partial charge in [0.15, 0.2) is 0 Å². The minimum absolute atomic E-state index is 0.0283. The molecule has 2 N–H and O–H groups in total. The summed E-state index contributed by atoms with van der Waals surface area (Å²) in [6, 6.07) is 15.0. The van der Waals surface area contributed by atoms with Crippen molar-refractivity contribution < 1.29 is 13.2 Å². The lowest BCUT2D eigenvalue weighted by atomic mass is 10.1. The van der Waals surface area contributed by atoms with Crippen LogP contribution in [0.25, 0.3) is 0 Å². The Morgan fingerprint density at radius 1 is 1.11 bits per heavy atom. The number of carbonyl (C=O) groups excluding carboxylic acids is 1. The van der Waals surface area contributed by atoms with Gasteiger partial charge in [-0.1, -0.05) is 31.0 Å². The summed E-state index contributed by atoms with van der Waals surface area (Å²) in [6.07, 6.45) is 4.07. The molecule has 0 atom stereocenters. The van der Waals surface area contributed by atoms with E-state index in [9.17, 15) is 13.2 Å². The van der Waals surface area contributed by atoms with Crippen LogP contribution in [0.15, 0.2) is 53.4 Å². The second-order valence-corrected chi connectivity index (χ2v) is 8.33. The number of nitrogens with zero attached hydrogens (tertiary/aromatic N) is 1. The van der Waals surface area contributed by atoms with Crippen molar-refractivity contribution in [3.63, 3.8) is 0 Å². The van der Waals surface area contributed by atoms with Gasteiger partial charge in [-0.2, -0.15) is 5.26 Å². The van der Waals surface area contributed by atoms with E-state index in [4.69, 9.17) is 5.26 Å². The lowest BCUT2D eigenvalue weighted by molar-refractivity contribution is 0.102. The summed E-state index contributed by atoms with van der Waals surface area (Å²) in [5, 5.41) is 11.4. The van der Waals surface area contributed by atoms with E-state index in [1.165, 1.54) is 12.1 Å². The molecule has 0 radical (unpaired) electrons. The lowest BCUT2D eigenvalue weighted by Crippen LogP contribution is -2.32. The second-order valence-electron chi connectivity index (χ2n) is 6.62. The summed E-state index contributed by atoms with van der Waals surface area (Å²) in [6.45, 7) is 0. The van der Waals surface area contributed by atoms with Crippen LogP contribution in [-0.4, -0.2) is 20.4 Å². The predicted octanol–water partition coefficient (Wildman–Crippen LogP) is 3.23. The average molecular weight is 383 g/mol. The van der Waals surface area contributed by atoms with Crippen LogP contribution < -0.4 is 10.0 Å². The third-order valence-corrected chi connectivity index (χ3v) is 6.10. The molecule has 3 rings (SSSR count). The highest BCUT2D eigenvalue weighted by Gasteiger charge is 2.23. The molecule has 0 heterocycles. The fourth-order valence-electron chi connectivity index (χ4n) is 3.14. The van der Waals surface area contributed by atoms with Gasteiger partial charge in [0.1, 0.15) is 0 Å². The molecule has 1 aliphatic carbocycles. The van der Waals surface area contributed by atoms with Gasteiger partial charge in [0, 0.05) is 17.3 Å². The van der Waals surface area contributed by atoms with E-state index in [1.54, 1.807) is 36.4 Å². The van der Waals surface area contributed by atoms with Crippen LogP contribution in [0.5, 0.6) is 0 Å². The lowest BCUT2D eigenvalue weighted by Gasteiger charge is -2.13. The fourth-order valence-corrected chi connectivity index (χ4v) is 4.49. The molecule has 1 saturated carbocycles. The minimum Gasteiger partial charge on any atom is -0.322 e. The fraction of sp³-hybridized carbons (Fsp3) is 0.300. The van der Waals surface area contributed by atoms with Crippen molar-refractivity contribution in [1.29, 1.82) is 5.26 Å². The molecule has 1 fully saturated rings. The van der Waals surface area contributed by atoms with Crippen molar-refractivity contribution in [1.82, 2.24) is 4.72 Å². The van der Waals surface area contributed by atoms with E-state index in [1.807, 2.05) is 0 Å². The molecule has 0 spiro atoms. The van der Waals surface area contributed by atoms with Crippen LogP contribution in [0.3, 0.4) is 0 Å². The summed E-state index contributed by atoms with van der Waals surface area (Å²) in [5.41, 5.74) is 1.71. The van der Waals surface area contributed by atoms with E-state index < -0.39 is 10.0 Å². The summed E-state index contributed by atoms with van der Waals surface area (Å²) in [7, 11) is -3.65. The number of anilines is 1. The highest BCUT2D eigenvalue weighted by atomic mass is 32.2. The van der Waals surface area contributed by atoms with Crippen molar-refractivity contribution in [2.45, 2.75) is 43.0 Å². The zero-order valence-electron chi connectivity index (χ0n) is 14.8. The first-order valence-electron chi connectivity index (χ1n) is 8.87. The third kappa shape index (κ3) is 4.94. The molecule has 0 bridgehead atoms. The molecule has 27 heavy (non-hydrogen) atoms. The molecule has 0 saturated heterocycles. The Balaban J connectivity index is 1.72. The molecule has 0 aromatic heterocycles. The zero-order chi connectivity index (χ0) is 19.3. The number of nitriles is 1. The van der Waals surface area contributed by atoms with Gasteiger partial charge in [-0.25, -0.2) is 13.1 Å². The monoisotopic (exact) mass is 383 g/mol. The van der Waals surface area contributed by atoms with Gasteiger partial charge in [0.25, 0.3) is 5.91 Å². The van der Waals surface area contributed by atoms with Gasteiger partial charge >= 0.3 is 0 Å². The quantitative estimate of drug-likeness (QED) is 0.800. The van der Waals surface area contributed by atoms with Gasteiger partial charge in [-0.3, -0.25) is 4.79 Å². The van der Waals surface area contributed by atoms with E-state index in [2.05, 4.69) is 16.1 Å². The SMILES string of the molecule is N#CCc1ccc(NC(=O)c2cccc(S(=O)(=O)NC3CCCC3)c2)cc1. The van der Waals surface area contributed by atoms with Gasteiger partial charge in [0.2, 0.25) is 10.0 Å². The number of amides is 1. The van der Waals surface area contributed by atoms with Crippen LogP contribution in [0.4, 0.5) is 5.69 Å². The van der Waals surface area contributed by atoms with Crippen molar-refractivity contribution >= 4 is 21.6 Å². The Labute approximate surface area is 159 Å². The predicted molar refractivity (Wildman–Crippen MR) is 103 cm³/mol. The highest BCUT2D eigenvalue weighted by Crippen LogP contribution is 2.21. The topological polar surface area (TPSA) is 99.1 Å². The number of hydrogen-bond acceptors (Lipinski definition) is 4. The summed E-state index contributed by atoms with van der Waals surface area (Å²) < 4.78 is 27.8. The number of carbonyl (C=O) groups is 1. The van der Waals surface area contributed by atoms with Gasteiger partial charge in [-0.05, 0) is 48.7 Å². The molecule has 1 aliphatic rings. The van der Waals surface area contributed by atoms with Crippen molar-refractivity contribution in [3.8, 4) is 6.07 Å².